The maximum Gasteiger partial charge on any atom is 0.323 e. The molecule has 2 heterocycles. The number of hydrogen-bond acceptors (Lipinski definition) is 3. The molecule has 0 fully saturated rings. The maximum absolute atomic E-state index is 11.9. The van der Waals surface area contributed by atoms with Crippen LogP contribution in [0.25, 0.3) is 10.9 Å². The minimum absolute atomic E-state index is 0. The van der Waals surface area contributed by atoms with E-state index in [-0.39, 0.29) is 30.5 Å². The zero-order valence-corrected chi connectivity index (χ0v) is 13.3. The van der Waals surface area contributed by atoms with Crippen molar-refractivity contribution >= 4 is 29.3 Å². The van der Waals surface area contributed by atoms with Gasteiger partial charge in [0.1, 0.15) is 6.04 Å². The first kappa shape index (κ1) is 15.9. The number of halogens is 1. The van der Waals surface area contributed by atoms with Crippen molar-refractivity contribution in [2.75, 3.05) is 7.11 Å². The number of hydrogen-bond donors (Lipinski definition) is 2. The Morgan fingerprint density at radius 2 is 2.05 bits per heavy atom. The van der Waals surface area contributed by atoms with Crippen LogP contribution in [0.2, 0.25) is 0 Å². The molecule has 0 amide bonds. The molecule has 0 unspecified atom stereocenters. The zero-order chi connectivity index (χ0) is 14.3. The molecule has 0 bridgehead atoms. The lowest BCUT2D eigenvalue weighted by Gasteiger charge is -2.32. The third kappa shape index (κ3) is 2.65. The molecule has 0 spiro atoms. The fourth-order valence-corrected chi connectivity index (χ4v) is 3.09. The number of H-pyrrole nitrogens is 1. The van der Waals surface area contributed by atoms with E-state index in [2.05, 4.69) is 36.3 Å². The van der Waals surface area contributed by atoms with E-state index in [1.807, 2.05) is 12.1 Å². The van der Waals surface area contributed by atoms with E-state index < -0.39 is 0 Å². The third-order valence-corrected chi connectivity index (χ3v) is 4.10. The molecule has 114 valence electrons. The quantitative estimate of drug-likeness (QED) is 0.839. The molecule has 3 rings (SSSR count). The highest BCUT2D eigenvalue weighted by Gasteiger charge is 2.34. The molecule has 1 aromatic heterocycles. The number of benzene rings is 1. The van der Waals surface area contributed by atoms with Crippen LogP contribution in [0, 0.1) is 5.92 Å². The average molecular weight is 309 g/mol. The molecule has 0 aliphatic carbocycles. The van der Waals surface area contributed by atoms with Crippen LogP contribution >= 0.6 is 12.4 Å². The summed E-state index contributed by atoms with van der Waals surface area (Å²) in [5, 5.41) is 4.63. The normalized spacial score (nSPS) is 21.0. The van der Waals surface area contributed by atoms with Crippen molar-refractivity contribution in [3.05, 3.63) is 35.5 Å². The number of fused-ring (bicyclic) bond motifs is 3. The molecule has 4 nitrogen and oxygen atoms in total. The number of rotatable bonds is 2. The van der Waals surface area contributed by atoms with Crippen LogP contribution in [0.15, 0.2) is 24.3 Å². The number of carbonyl (C=O) groups excluding carboxylic acids is 1. The summed E-state index contributed by atoms with van der Waals surface area (Å²) in [6.45, 7) is 4.32. The van der Waals surface area contributed by atoms with Crippen LogP contribution in [-0.4, -0.2) is 24.1 Å². The fraction of sp³-hybridized carbons (Fsp3) is 0.438. The summed E-state index contributed by atoms with van der Waals surface area (Å²) < 4.78 is 4.91. The van der Waals surface area contributed by atoms with Gasteiger partial charge in [-0.1, -0.05) is 32.0 Å². The molecule has 0 radical (unpaired) electrons. The molecule has 0 saturated carbocycles. The third-order valence-electron chi connectivity index (χ3n) is 4.10. The Hall–Kier alpha value is -1.52. The number of esters is 1. The first-order valence-electron chi connectivity index (χ1n) is 7.05. The Kier molecular flexibility index (Phi) is 4.59. The van der Waals surface area contributed by atoms with Crippen LogP contribution in [0.3, 0.4) is 0 Å². The predicted octanol–water partition coefficient (Wildman–Crippen LogP) is 2.97. The highest BCUT2D eigenvalue weighted by molar-refractivity contribution is 5.87. The van der Waals surface area contributed by atoms with Crippen LogP contribution in [-0.2, 0) is 16.0 Å². The van der Waals surface area contributed by atoms with E-state index in [9.17, 15) is 4.79 Å². The second-order valence-electron chi connectivity index (χ2n) is 5.73. The number of para-hydroxylation sites is 1. The van der Waals surface area contributed by atoms with Gasteiger partial charge in [0.25, 0.3) is 0 Å². The van der Waals surface area contributed by atoms with Crippen molar-refractivity contribution in [2.24, 2.45) is 5.92 Å². The van der Waals surface area contributed by atoms with Gasteiger partial charge in [0, 0.05) is 23.0 Å². The SMILES string of the molecule is COC(=O)[C@@H]1Cc2c([nH]c3ccccc23)[C@@H](C(C)C)N1.Cl. The Balaban J connectivity index is 0.00000161. The molecule has 5 heteroatoms. The van der Waals surface area contributed by atoms with E-state index in [4.69, 9.17) is 4.74 Å². The topological polar surface area (TPSA) is 54.1 Å². The predicted molar refractivity (Wildman–Crippen MR) is 85.8 cm³/mol. The second-order valence-corrected chi connectivity index (χ2v) is 5.73. The van der Waals surface area contributed by atoms with E-state index in [1.54, 1.807) is 0 Å². The van der Waals surface area contributed by atoms with E-state index in [0.717, 1.165) is 5.52 Å². The summed E-state index contributed by atoms with van der Waals surface area (Å²) in [6.07, 6.45) is 0.676. The van der Waals surface area contributed by atoms with Crippen molar-refractivity contribution in [3.8, 4) is 0 Å². The fourth-order valence-electron chi connectivity index (χ4n) is 3.09. The van der Waals surface area contributed by atoms with Gasteiger partial charge < -0.3 is 9.72 Å². The number of aromatic amines is 1. The molecule has 21 heavy (non-hydrogen) atoms. The van der Waals surface area contributed by atoms with Crippen LogP contribution < -0.4 is 5.32 Å². The van der Waals surface area contributed by atoms with E-state index >= 15 is 0 Å². The molecule has 1 aliphatic heterocycles. The lowest BCUT2D eigenvalue weighted by molar-refractivity contribution is -0.143. The number of carbonyl (C=O) groups is 1. The molecule has 2 aromatic rings. The van der Waals surface area contributed by atoms with Gasteiger partial charge >= 0.3 is 5.97 Å². The molecule has 1 aromatic carbocycles. The van der Waals surface area contributed by atoms with E-state index in [1.165, 1.54) is 23.8 Å². The van der Waals surface area contributed by atoms with Gasteiger partial charge in [0.15, 0.2) is 0 Å². The number of aromatic nitrogens is 1. The number of methoxy groups -OCH3 is 1. The van der Waals surface area contributed by atoms with Gasteiger partial charge in [-0.3, -0.25) is 10.1 Å². The minimum Gasteiger partial charge on any atom is -0.468 e. The van der Waals surface area contributed by atoms with Crippen molar-refractivity contribution in [3.63, 3.8) is 0 Å². The van der Waals surface area contributed by atoms with Gasteiger partial charge in [-0.15, -0.1) is 12.4 Å². The Labute approximate surface area is 130 Å². The standard InChI is InChI=1S/C16H20N2O2.ClH/c1-9(2)14-15-11(8-13(18-14)16(19)20-3)10-6-4-5-7-12(10)17-15;/h4-7,9,13-14,17-18H,8H2,1-3H3;1H/t13-,14+;/m0./s1. The largest absolute Gasteiger partial charge is 0.468 e. The molecular weight excluding hydrogens is 288 g/mol. The summed E-state index contributed by atoms with van der Waals surface area (Å²) >= 11 is 0. The number of ether oxygens (including phenoxy) is 1. The first-order chi connectivity index (χ1) is 9.61. The molecule has 0 saturated heterocycles. The number of nitrogens with one attached hydrogen (secondary N) is 2. The second kappa shape index (κ2) is 6.08. The lowest BCUT2D eigenvalue weighted by atomic mass is 9.89. The Morgan fingerprint density at radius 1 is 1.33 bits per heavy atom. The minimum atomic E-state index is -0.265. The van der Waals surface area contributed by atoms with Crippen molar-refractivity contribution in [1.82, 2.24) is 10.3 Å². The zero-order valence-electron chi connectivity index (χ0n) is 12.5. The van der Waals surface area contributed by atoms with Gasteiger partial charge in [-0.2, -0.15) is 0 Å². The highest BCUT2D eigenvalue weighted by atomic mass is 35.5. The Bertz CT molecular complexity index is 651. The summed E-state index contributed by atoms with van der Waals surface area (Å²) in [6, 6.07) is 8.14. The summed E-state index contributed by atoms with van der Waals surface area (Å²) in [5.41, 5.74) is 3.59. The van der Waals surface area contributed by atoms with Crippen LogP contribution in [0.1, 0.15) is 31.1 Å². The first-order valence-corrected chi connectivity index (χ1v) is 7.05. The summed E-state index contributed by atoms with van der Waals surface area (Å²) in [4.78, 5) is 15.4. The molecular formula is C16H21ClN2O2. The van der Waals surface area contributed by atoms with E-state index in [0.29, 0.717) is 12.3 Å². The van der Waals surface area contributed by atoms with Crippen LogP contribution in [0.5, 0.6) is 0 Å². The maximum atomic E-state index is 11.9. The van der Waals surface area contributed by atoms with Crippen LogP contribution in [0.4, 0.5) is 0 Å². The monoisotopic (exact) mass is 308 g/mol. The summed E-state index contributed by atoms with van der Waals surface area (Å²) in [7, 11) is 1.44. The van der Waals surface area contributed by atoms with Gasteiger partial charge in [0.05, 0.1) is 13.2 Å². The van der Waals surface area contributed by atoms with Crippen molar-refractivity contribution in [1.29, 1.82) is 0 Å². The van der Waals surface area contributed by atoms with Crippen molar-refractivity contribution < 1.29 is 9.53 Å². The highest BCUT2D eigenvalue weighted by Crippen LogP contribution is 2.35. The molecule has 2 atom stereocenters. The van der Waals surface area contributed by atoms with Gasteiger partial charge in [0.2, 0.25) is 0 Å². The van der Waals surface area contributed by atoms with Crippen molar-refractivity contribution in [2.45, 2.75) is 32.4 Å². The average Bonchev–Trinajstić information content (AvgIpc) is 2.83. The lowest BCUT2D eigenvalue weighted by Crippen LogP contribution is -2.46. The van der Waals surface area contributed by atoms with Gasteiger partial charge in [-0.05, 0) is 17.5 Å². The Morgan fingerprint density at radius 3 is 2.71 bits per heavy atom. The van der Waals surface area contributed by atoms with Gasteiger partial charge in [-0.25, -0.2) is 0 Å². The molecule has 2 N–H and O–H groups in total. The summed E-state index contributed by atoms with van der Waals surface area (Å²) in [5.74, 6) is 0.209. The smallest absolute Gasteiger partial charge is 0.323 e. The molecule has 1 aliphatic rings.